The Balaban J connectivity index is 1.48. The minimum atomic E-state index is -3.57. The van der Waals surface area contributed by atoms with Crippen molar-refractivity contribution in [2.45, 2.75) is 36.6 Å². The van der Waals surface area contributed by atoms with E-state index in [9.17, 15) is 12.8 Å². The molecule has 6 nitrogen and oxygen atoms in total. The second-order valence-corrected chi connectivity index (χ2v) is 8.22. The normalized spacial score (nSPS) is 19.7. The summed E-state index contributed by atoms with van der Waals surface area (Å²) in [5.41, 5.74) is 1.33. The first-order valence-corrected chi connectivity index (χ1v) is 9.07. The van der Waals surface area contributed by atoms with E-state index >= 15 is 0 Å². The first-order chi connectivity index (χ1) is 10.9. The standard InChI is InChI=1S/C15H17FN4O2S/c1-10-6-13(4-5-14(10)16)23(21,22)19-7-12(8-19)20-9-15(17-18-20)11-2-3-11/h4-6,9,11-12H,2-3,7-8H2,1H3. The highest BCUT2D eigenvalue weighted by Crippen LogP contribution is 2.39. The van der Waals surface area contributed by atoms with Crippen LogP contribution in [0.5, 0.6) is 0 Å². The van der Waals surface area contributed by atoms with E-state index in [0.29, 0.717) is 24.6 Å². The predicted molar refractivity (Wildman–Crippen MR) is 80.9 cm³/mol. The fourth-order valence-electron chi connectivity index (χ4n) is 2.74. The molecule has 1 saturated heterocycles. The molecule has 8 heteroatoms. The number of nitrogens with zero attached hydrogens (tertiary/aromatic N) is 4. The van der Waals surface area contributed by atoms with E-state index in [1.54, 1.807) is 11.6 Å². The van der Waals surface area contributed by atoms with Crippen molar-refractivity contribution in [2.75, 3.05) is 13.1 Å². The van der Waals surface area contributed by atoms with Crippen LogP contribution in [0.1, 0.15) is 36.1 Å². The highest BCUT2D eigenvalue weighted by molar-refractivity contribution is 7.89. The molecular formula is C15H17FN4O2S. The molecule has 1 saturated carbocycles. The SMILES string of the molecule is Cc1cc(S(=O)(=O)N2CC(n3cc(C4CC4)nn3)C2)ccc1F. The van der Waals surface area contributed by atoms with Crippen molar-refractivity contribution in [2.24, 2.45) is 0 Å². The Morgan fingerprint density at radius 1 is 1.26 bits per heavy atom. The van der Waals surface area contributed by atoms with Gasteiger partial charge in [0.1, 0.15) is 5.82 Å². The third-order valence-electron chi connectivity index (χ3n) is 4.49. The maximum Gasteiger partial charge on any atom is 0.243 e. The second-order valence-electron chi connectivity index (χ2n) is 6.28. The molecule has 23 heavy (non-hydrogen) atoms. The number of sulfonamides is 1. The average Bonchev–Trinajstić information content (AvgIpc) is 3.20. The minimum absolute atomic E-state index is 0.0197. The van der Waals surface area contributed by atoms with Gasteiger partial charge in [0, 0.05) is 25.2 Å². The Morgan fingerprint density at radius 2 is 2.00 bits per heavy atom. The van der Waals surface area contributed by atoms with Gasteiger partial charge in [-0.15, -0.1) is 5.10 Å². The molecule has 0 amide bonds. The molecule has 2 aliphatic rings. The van der Waals surface area contributed by atoms with E-state index in [2.05, 4.69) is 10.3 Å². The summed E-state index contributed by atoms with van der Waals surface area (Å²) in [4.78, 5) is 0.132. The van der Waals surface area contributed by atoms with Crippen LogP contribution in [0, 0.1) is 12.7 Å². The molecule has 0 atom stereocenters. The van der Waals surface area contributed by atoms with Crippen molar-refractivity contribution in [3.05, 3.63) is 41.5 Å². The van der Waals surface area contributed by atoms with Crippen LogP contribution in [-0.4, -0.2) is 40.8 Å². The molecule has 1 aromatic carbocycles. The van der Waals surface area contributed by atoms with Gasteiger partial charge in [-0.2, -0.15) is 4.31 Å². The monoisotopic (exact) mass is 336 g/mol. The van der Waals surface area contributed by atoms with Crippen molar-refractivity contribution in [3.8, 4) is 0 Å². The van der Waals surface area contributed by atoms with Gasteiger partial charge in [0.05, 0.1) is 16.6 Å². The topological polar surface area (TPSA) is 68.1 Å². The lowest BCUT2D eigenvalue weighted by Gasteiger charge is -2.37. The van der Waals surface area contributed by atoms with Gasteiger partial charge in [0.2, 0.25) is 10.0 Å². The third kappa shape index (κ3) is 2.55. The first kappa shape index (κ1) is 14.8. The lowest BCUT2D eigenvalue weighted by Crippen LogP contribution is -2.50. The number of rotatable bonds is 4. The van der Waals surface area contributed by atoms with Gasteiger partial charge >= 0.3 is 0 Å². The maximum absolute atomic E-state index is 13.3. The van der Waals surface area contributed by atoms with Gasteiger partial charge < -0.3 is 0 Å². The van der Waals surface area contributed by atoms with E-state index in [1.165, 1.54) is 22.5 Å². The zero-order valence-corrected chi connectivity index (χ0v) is 13.5. The molecule has 1 aromatic heterocycles. The maximum atomic E-state index is 13.3. The van der Waals surface area contributed by atoms with Crippen LogP contribution in [0.15, 0.2) is 29.3 Å². The van der Waals surface area contributed by atoms with Crippen LogP contribution in [-0.2, 0) is 10.0 Å². The lowest BCUT2D eigenvalue weighted by molar-refractivity contribution is 0.189. The minimum Gasteiger partial charge on any atom is -0.247 e. The second kappa shape index (κ2) is 5.10. The Morgan fingerprint density at radius 3 is 2.65 bits per heavy atom. The molecular weight excluding hydrogens is 319 g/mol. The zero-order valence-electron chi connectivity index (χ0n) is 12.7. The molecule has 122 valence electrons. The van der Waals surface area contributed by atoms with Gasteiger partial charge in [-0.05, 0) is 43.5 Å². The number of benzene rings is 1. The van der Waals surface area contributed by atoms with Crippen LogP contribution in [0.3, 0.4) is 0 Å². The summed E-state index contributed by atoms with van der Waals surface area (Å²) in [7, 11) is -3.57. The molecule has 1 aliphatic heterocycles. The van der Waals surface area contributed by atoms with Crippen molar-refractivity contribution in [1.82, 2.24) is 19.3 Å². The molecule has 0 unspecified atom stereocenters. The van der Waals surface area contributed by atoms with Crippen LogP contribution in [0.25, 0.3) is 0 Å². The predicted octanol–water partition coefficient (Wildman–Crippen LogP) is 1.85. The van der Waals surface area contributed by atoms with E-state index < -0.39 is 15.8 Å². The van der Waals surface area contributed by atoms with E-state index in [4.69, 9.17) is 0 Å². The molecule has 2 aromatic rings. The van der Waals surface area contributed by atoms with E-state index in [-0.39, 0.29) is 10.9 Å². The molecule has 0 spiro atoms. The lowest BCUT2D eigenvalue weighted by atomic mass is 10.2. The van der Waals surface area contributed by atoms with Crippen LogP contribution in [0.2, 0.25) is 0 Å². The number of aromatic nitrogens is 3. The summed E-state index contributed by atoms with van der Waals surface area (Å²) < 4.78 is 41.5. The van der Waals surface area contributed by atoms with Gasteiger partial charge in [0.25, 0.3) is 0 Å². The van der Waals surface area contributed by atoms with Crippen LogP contribution in [0.4, 0.5) is 4.39 Å². The van der Waals surface area contributed by atoms with Crippen LogP contribution >= 0.6 is 0 Å². The van der Waals surface area contributed by atoms with Crippen LogP contribution < -0.4 is 0 Å². The number of aryl methyl sites for hydroxylation is 1. The summed E-state index contributed by atoms with van der Waals surface area (Å²) >= 11 is 0. The van der Waals surface area contributed by atoms with E-state index in [1.807, 2.05) is 6.20 Å². The van der Waals surface area contributed by atoms with Gasteiger partial charge in [0.15, 0.2) is 0 Å². The highest BCUT2D eigenvalue weighted by atomic mass is 32.2. The molecule has 2 fully saturated rings. The van der Waals surface area contributed by atoms with Crippen molar-refractivity contribution >= 4 is 10.0 Å². The smallest absolute Gasteiger partial charge is 0.243 e. The Bertz CT molecular complexity index is 854. The molecule has 0 radical (unpaired) electrons. The largest absolute Gasteiger partial charge is 0.247 e. The Kier molecular flexibility index (Phi) is 3.28. The summed E-state index contributed by atoms with van der Waals surface area (Å²) in [6, 6.07) is 3.90. The third-order valence-corrected chi connectivity index (χ3v) is 6.32. The molecule has 0 bridgehead atoms. The molecule has 2 heterocycles. The van der Waals surface area contributed by atoms with Gasteiger partial charge in [-0.1, -0.05) is 5.21 Å². The molecule has 0 N–H and O–H groups in total. The first-order valence-electron chi connectivity index (χ1n) is 7.63. The Labute approximate surface area is 134 Å². The van der Waals surface area contributed by atoms with Gasteiger partial charge in [-0.3, -0.25) is 0 Å². The fourth-order valence-corrected chi connectivity index (χ4v) is 4.34. The average molecular weight is 336 g/mol. The summed E-state index contributed by atoms with van der Waals surface area (Å²) in [6.07, 6.45) is 4.25. The van der Waals surface area contributed by atoms with Crippen molar-refractivity contribution < 1.29 is 12.8 Å². The van der Waals surface area contributed by atoms with Crippen molar-refractivity contribution in [1.29, 1.82) is 0 Å². The fraction of sp³-hybridized carbons (Fsp3) is 0.467. The Hall–Kier alpha value is -1.80. The van der Waals surface area contributed by atoms with E-state index in [0.717, 1.165) is 18.5 Å². The highest BCUT2D eigenvalue weighted by Gasteiger charge is 2.39. The molecule has 4 rings (SSSR count). The van der Waals surface area contributed by atoms with Crippen molar-refractivity contribution in [3.63, 3.8) is 0 Å². The number of halogens is 1. The summed E-state index contributed by atoms with van der Waals surface area (Å²) in [5, 5.41) is 8.26. The summed E-state index contributed by atoms with van der Waals surface area (Å²) in [6.45, 7) is 2.29. The molecule has 1 aliphatic carbocycles. The zero-order chi connectivity index (χ0) is 16.2. The quantitative estimate of drug-likeness (QED) is 0.854. The number of hydrogen-bond donors (Lipinski definition) is 0. The number of hydrogen-bond acceptors (Lipinski definition) is 4. The van der Waals surface area contributed by atoms with Gasteiger partial charge in [-0.25, -0.2) is 17.5 Å². The summed E-state index contributed by atoms with van der Waals surface area (Å²) in [5.74, 6) is 0.131.